The van der Waals surface area contributed by atoms with Crippen LogP contribution in [0.1, 0.15) is 25.9 Å². The van der Waals surface area contributed by atoms with Crippen molar-refractivity contribution in [1.82, 2.24) is 15.1 Å². The highest BCUT2D eigenvalue weighted by atomic mass is 32.1. The van der Waals surface area contributed by atoms with Gasteiger partial charge in [0.1, 0.15) is 16.8 Å². The number of carbonyl (C=O) groups is 1. The fraction of sp³-hybridized carbons (Fsp3) is 0.250. The third kappa shape index (κ3) is 3.29. The van der Waals surface area contributed by atoms with Crippen molar-refractivity contribution in [3.63, 3.8) is 0 Å². The van der Waals surface area contributed by atoms with Gasteiger partial charge in [0.2, 0.25) is 0 Å². The number of pyridine rings is 1. The standard InChI is InChI=1S/C16H15N3O3S/c1-10-15(16(20)21-2)23-13(18-10)7-6-11-9-22-19-14(11)12-5-3-4-8-17-12/h3-5,8-9H,6-7H2,1-2H3. The number of ether oxygens (including phenoxy) is 1. The number of esters is 1. The Kier molecular flexibility index (Phi) is 4.47. The SMILES string of the molecule is COC(=O)c1sc(CCc2conc2-c2ccccn2)nc1C. The quantitative estimate of drug-likeness (QED) is 0.669. The van der Waals surface area contributed by atoms with Crippen LogP contribution in [0.25, 0.3) is 11.4 Å². The molecule has 0 saturated carbocycles. The molecule has 0 amide bonds. The number of rotatable bonds is 5. The second-order valence-electron chi connectivity index (χ2n) is 4.92. The average molecular weight is 329 g/mol. The Bertz CT molecular complexity index is 811. The zero-order valence-electron chi connectivity index (χ0n) is 12.8. The maximum atomic E-state index is 11.6. The van der Waals surface area contributed by atoms with Crippen molar-refractivity contribution in [3.05, 3.63) is 51.8 Å². The van der Waals surface area contributed by atoms with Crippen LogP contribution < -0.4 is 0 Å². The first-order valence-corrected chi connectivity index (χ1v) is 7.90. The lowest BCUT2D eigenvalue weighted by molar-refractivity contribution is 0.0605. The van der Waals surface area contributed by atoms with Crippen LogP contribution in [-0.4, -0.2) is 28.2 Å². The molecule has 6 nitrogen and oxygen atoms in total. The normalized spacial score (nSPS) is 10.7. The summed E-state index contributed by atoms with van der Waals surface area (Å²) in [6.45, 7) is 1.81. The number of nitrogens with zero attached hydrogens (tertiary/aromatic N) is 3. The minimum absolute atomic E-state index is 0.342. The van der Waals surface area contributed by atoms with Crippen molar-refractivity contribution in [1.29, 1.82) is 0 Å². The van der Waals surface area contributed by atoms with E-state index in [2.05, 4.69) is 15.1 Å². The van der Waals surface area contributed by atoms with E-state index >= 15 is 0 Å². The molecule has 3 rings (SSSR count). The topological polar surface area (TPSA) is 78.1 Å². The van der Waals surface area contributed by atoms with Crippen molar-refractivity contribution in [2.24, 2.45) is 0 Å². The molecule has 0 bridgehead atoms. The number of methoxy groups -OCH3 is 1. The molecule has 3 aromatic heterocycles. The summed E-state index contributed by atoms with van der Waals surface area (Å²) < 4.78 is 9.85. The lowest BCUT2D eigenvalue weighted by Gasteiger charge is -1.99. The summed E-state index contributed by atoms with van der Waals surface area (Å²) in [6, 6.07) is 5.66. The highest BCUT2D eigenvalue weighted by Crippen LogP contribution is 2.24. The first kappa shape index (κ1) is 15.4. The molecule has 0 unspecified atom stereocenters. The Balaban J connectivity index is 1.75. The molecule has 0 aromatic carbocycles. The molecule has 0 aliphatic heterocycles. The van der Waals surface area contributed by atoms with Crippen LogP contribution in [0, 0.1) is 6.92 Å². The molecule has 0 aliphatic rings. The van der Waals surface area contributed by atoms with Gasteiger partial charge in [0.15, 0.2) is 0 Å². The minimum Gasteiger partial charge on any atom is -0.465 e. The van der Waals surface area contributed by atoms with E-state index in [1.165, 1.54) is 18.4 Å². The van der Waals surface area contributed by atoms with Crippen LogP contribution in [0.15, 0.2) is 35.2 Å². The maximum absolute atomic E-state index is 11.6. The Morgan fingerprint density at radius 1 is 1.35 bits per heavy atom. The van der Waals surface area contributed by atoms with Gasteiger partial charge in [-0.3, -0.25) is 4.98 Å². The van der Waals surface area contributed by atoms with Gasteiger partial charge in [0.05, 0.1) is 23.5 Å². The van der Waals surface area contributed by atoms with Gasteiger partial charge >= 0.3 is 5.97 Å². The zero-order valence-corrected chi connectivity index (χ0v) is 13.6. The molecular weight excluding hydrogens is 314 g/mol. The molecule has 0 saturated heterocycles. The molecule has 0 spiro atoms. The van der Waals surface area contributed by atoms with Gasteiger partial charge in [-0.05, 0) is 25.5 Å². The molecule has 3 heterocycles. The Hall–Kier alpha value is -2.54. The van der Waals surface area contributed by atoms with E-state index in [4.69, 9.17) is 9.26 Å². The van der Waals surface area contributed by atoms with E-state index in [1.807, 2.05) is 25.1 Å². The van der Waals surface area contributed by atoms with Crippen LogP contribution in [0.2, 0.25) is 0 Å². The molecule has 7 heteroatoms. The Morgan fingerprint density at radius 2 is 2.22 bits per heavy atom. The van der Waals surface area contributed by atoms with Crippen molar-refractivity contribution >= 4 is 17.3 Å². The fourth-order valence-corrected chi connectivity index (χ4v) is 3.21. The second-order valence-corrected chi connectivity index (χ2v) is 6.00. The van der Waals surface area contributed by atoms with E-state index in [0.29, 0.717) is 23.4 Å². The molecule has 0 fully saturated rings. The number of carbonyl (C=O) groups excluding carboxylic acids is 1. The Labute approximate surface area is 137 Å². The van der Waals surface area contributed by atoms with Gasteiger partial charge in [0, 0.05) is 18.2 Å². The van der Waals surface area contributed by atoms with E-state index in [0.717, 1.165) is 22.0 Å². The molecule has 3 aromatic rings. The lowest BCUT2D eigenvalue weighted by Crippen LogP contribution is -1.99. The van der Waals surface area contributed by atoms with E-state index in [9.17, 15) is 4.79 Å². The molecule has 23 heavy (non-hydrogen) atoms. The summed E-state index contributed by atoms with van der Waals surface area (Å²) in [6.07, 6.45) is 4.76. The molecule has 0 radical (unpaired) electrons. The third-order valence-electron chi connectivity index (χ3n) is 3.37. The first-order chi connectivity index (χ1) is 11.2. The first-order valence-electron chi connectivity index (χ1n) is 7.08. The number of thiazole rings is 1. The largest absolute Gasteiger partial charge is 0.465 e. The number of aryl methyl sites for hydroxylation is 3. The third-order valence-corrected chi connectivity index (χ3v) is 4.57. The molecular formula is C16H15N3O3S. The van der Waals surface area contributed by atoms with Gasteiger partial charge in [-0.1, -0.05) is 11.2 Å². The van der Waals surface area contributed by atoms with Crippen molar-refractivity contribution in [2.75, 3.05) is 7.11 Å². The molecule has 0 aliphatic carbocycles. The predicted octanol–water partition coefficient (Wildman–Crippen LogP) is 3.07. The fourth-order valence-electron chi connectivity index (χ4n) is 2.23. The van der Waals surface area contributed by atoms with Gasteiger partial charge < -0.3 is 9.26 Å². The number of aromatic nitrogens is 3. The number of hydrogen-bond donors (Lipinski definition) is 0. The van der Waals surface area contributed by atoms with Crippen LogP contribution in [0.3, 0.4) is 0 Å². The molecule has 0 N–H and O–H groups in total. The van der Waals surface area contributed by atoms with Gasteiger partial charge in [0.25, 0.3) is 0 Å². The van der Waals surface area contributed by atoms with Crippen LogP contribution in [0.5, 0.6) is 0 Å². The summed E-state index contributed by atoms with van der Waals surface area (Å²) in [5.74, 6) is -0.342. The highest BCUT2D eigenvalue weighted by Gasteiger charge is 2.17. The molecule has 118 valence electrons. The summed E-state index contributed by atoms with van der Waals surface area (Å²) in [7, 11) is 1.37. The predicted molar refractivity (Wildman–Crippen MR) is 85.3 cm³/mol. The maximum Gasteiger partial charge on any atom is 0.349 e. The summed E-state index contributed by atoms with van der Waals surface area (Å²) in [5, 5.41) is 4.92. The van der Waals surface area contributed by atoms with Crippen LogP contribution >= 0.6 is 11.3 Å². The van der Waals surface area contributed by atoms with E-state index in [-0.39, 0.29) is 5.97 Å². The zero-order chi connectivity index (χ0) is 16.2. The summed E-state index contributed by atoms with van der Waals surface area (Å²) >= 11 is 1.36. The monoisotopic (exact) mass is 329 g/mol. The average Bonchev–Trinajstić information content (AvgIpc) is 3.19. The van der Waals surface area contributed by atoms with Gasteiger partial charge in [-0.2, -0.15) is 0 Å². The van der Waals surface area contributed by atoms with E-state index in [1.54, 1.807) is 12.5 Å². The van der Waals surface area contributed by atoms with Crippen molar-refractivity contribution < 1.29 is 14.1 Å². The van der Waals surface area contributed by atoms with Crippen molar-refractivity contribution in [2.45, 2.75) is 19.8 Å². The van der Waals surface area contributed by atoms with Crippen molar-refractivity contribution in [3.8, 4) is 11.4 Å². The van der Waals surface area contributed by atoms with Gasteiger partial charge in [-0.25, -0.2) is 9.78 Å². The second kappa shape index (κ2) is 6.70. The molecule has 0 atom stereocenters. The summed E-state index contributed by atoms with van der Waals surface area (Å²) in [4.78, 5) is 20.9. The Morgan fingerprint density at radius 3 is 2.96 bits per heavy atom. The minimum atomic E-state index is -0.342. The number of hydrogen-bond acceptors (Lipinski definition) is 7. The highest BCUT2D eigenvalue weighted by molar-refractivity contribution is 7.13. The van der Waals surface area contributed by atoms with E-state index < -0.39 is 0 Å². The van der Waals surface area contributed by atoms with Gasteiger partial charge in [-0.15, -0.1) is 11.3 Å². The van der Waals surface area contributed by atoms with Crippen LogP contribution in [-0.2, 0) is 17.6 Å². The smallest absolute Gasteiger partial charge is 0.349 e. The lowest BCUT2D eigenvalue weighted by atomic mass is 10.1. The van der Waals surface area contributed by atoms with Crippen LogP contribution in [0.4, 0.5) is 0 Å². The summed E-state index contributed by atoms with van der Waals surface area (Å²) in [5.41, 5.74) is 3.19.